The number of methoxy groups -OCH3 is 1. The fraction of sp³-hybridized carbons (Fsp3) is 0.529. The zero-order valence-corrected chi connectivity index (χ0v) is 12.1. The van der Waals surface area contributed by atoms with E-state index < -0.39 is 0 Å². The highest BCUT2D eigenvalue weighted by atomic mass is 16.7. The van der Waals surface area contributed by atoms with Gasteiger partial charge in [0.1, 0.15) is 0 Å². The second kappa shape index (κ2) is 4.75. The van der Waals surface area contributed by atoms with Crippen molar-refractivity contribution < 1.29 is 19.3 Å². The molecule has 4 nitrogen and oxygen atoms in total. The average Bonchev–Trinajstić information content (AvgIpc) is 3.10. The number of aromatic hydroxyl groups is 1. The van der Waals surface area contributed by atoms with E-state index >= 15 is 0 Å². The minimum Gasteiger partial charge on any atom is -0.504 e. The van der Waals surface area contributed by atoms with Crippen molar-refractivity contribution in [1.29, 1.82) is 0 Å². The number of allylic oxidation sites excluding steroid dienone is 2. The van der Waals surface area contributed by atoms with Crippen LogP contribution in [0.4, 0.5) is 0 Å². The Morgan fingerprint density at radius 2 is 2.05 bits per heavy atom. The first-order chi connectivity index (χ1) is 10.2. The number of hydrogen-bond acceptors (Lipinski definition) is 4. The first-order valence-corrected chi connectivity index (χ1v) is 7.49. The Hall–Kier alpha value is -1.52. The van der Waals surface area contributed by atoms with E-state index in [1.807, 2.05) is 6.07 Å². The van der Waals surface area contributed by atoms with Gasteiger partial charge in [-0.3, -0.25) is 0 Å². The maximum atomic E-state index is 9.66. The lowest BCUT2D eigenvalue weighted by Gasteiger charge is -2.41. The van der Waals surface area contributed by atoms with Crippen LogP contribution in [0.2, 0.25) is 0 Å². The summed E-state index contributed by atoms with van der Waals surface area (Å²) in [6, 6.07) is 5.21. The van der Waals surface area contributed by atoms with Gasteiger partial charge in [-0.2, -0.15) is 0 Å². The average molecular weight is 288 g/mol. The normalized spacial score (nSPS) is 37.3. The lowest BCUT2D eigenvalue weighted by molar-refractivity contribution is -0.239. The molecule has 1 aliphatic heterocycles. The molecular weight excluding hydrogens is 268 g/mol. The highest BCUT2D eigenvalue weighted by Gasteiger charge is 2.51. The van der Waals surface area contributed by atoms with Gasteiger partial charge in [-0.25, -0.2) is 0 Å². The predicted molar refractivity (Wildman–Crippen MR) is 77.1 cm³/mol. The van der Waals surface area contributed by atoms with Gasteiger partial charge in [0.2, 0.25) is 0 Å². The van der Waals surface area contributed by atoms with E-state index in [4.69, 9.17) is 14.2 Å². The Bertz CT molecular complexity index is 572. The van der Waals surface area contributed by atoms with Gasteiger partial charge in [0.15, 0.2) is 17.8 Å². The largest absolute Gasteiger partial charge is 0.504 e. The van der Waals surface area contributed by atoms with E-state index in [0.29, 0.717) is 17.6 Å². The molecule has 112 valence electrons. The molecule has 1 saturated heterocycles. The lowest BCUT2D eigenvalue weighted by Crippen LogP contribution is -2.41. The summed E-state index contributed by atoms with van der Waals surface area (Å²) < 4.78 is 17.1. The third-order valence-corrected chi connectivity index (χ3v) is 5.15. The third kappa shape index (κ3) is 2.05. The molecule has 0 unspecified atom stereocenters. The van der Waals surface area contributed by atoms with Crippen molar-refractivity contribution in [3.63, 3.8) is 0 Å². The van der Waals surface area contributed by atoms with Crippen LogP contribution in [0, 0.1) is 17.3 Å². The van der Waals surface area contributed by atoms with Crippen molar-refractivity contribution in [2.24, 2.45) is 17.3 Å². The second-order valence-electron chi connectivity index (χ2n) is 6.44. The molecule has 21 heavy (non-hydrogen) atoms. The fourth-order valence-electron chi connectivity index (χ4n) is 3.99. The van der Waals surface area contributed by atoms with Gasteiger partial charge in [0, 0.05) is 11.0 Å². The highest BCUT2D eigenvalue weighted by Crippen LogP contribution is 2.54. The van der Waals surface area contributed by atoms with Crippen molar-refractivity contribution in [1.82, 2.24) is 0 Å². The summed E-state index contributed by atoms with van der Waals surface area (Å²) in [6.07, 6.45) is 6.75. The van der Waals surface area contributed by atoms with Gasteiger partial charge in [0.05, 0.1) is 20.3 Å². The van der Waals surface area contributed by atoms with Crippen molar-refractivity contribution in [2.45, 2.75) is 19.1 Å². The molecule has 2 aliphatic carbocycles. The predicted octanol–water partition coefficient (Wildman–Crippen LogP) is 3.03. The molecule has 4 rings (SSSR count). The number of rotatable bonds is 2. The molecule has 2 atom stereocenters. The standard InChI is InChI=1S/C17H20O4/c1-19-15-7-12(3-5-14(15)18)16-20-9-17(10-21-16)8-11-2-4-13(17)6-11/h2-5,7,11,13,16,18H,6,8-10H2,1H3/t11-,13-,16?,17?/m0/s1. The molecule has 2 fully saturated rings. The second-order valence-corrected chi connectivity index (χ2v) is 6.44. The number of phenols is 1. The lowest BCUT2D eigenvalue weighted by atomic mass is 9.76. The van der Waals surface area contributed by atoms with Crippen LogP contribution in [0.25, 0.3) is 0 Å². The van der Waals surface area contributed by atoms with Crippen LogP contribution in [0.15, 0.2) is 30.4 Å². The summed E-state index contributed by atoms with van der Waals surface area (Å²) in [7, 11) is 1.54. The van der Waals surface area contributed by atoms with E-state index in [2.05, 4.69) is 12.2 Å². The Morgan fingerprint density at radius 1 is 1.24 bits per heavy atom. The van der Waals surface area contributed by atoms with Crippen molar-refractivity contribution in [2.75, 3.05) is 20.3 Å². The summed E-state index contributed by atoms with van der Waals surface area (Å²) >= 11 is 0. The Morgan fingerprint density at radius 3 is 2.67 bits per heavy atom. The number of ether oxygens (including phenoxy) is 3. The highest BCUT2D eigenvalue weighted by molar-refractivity contribution is 5.42. The summed E-state index contributed by atoms with van der Waals surface area (Å²) in [5, 5.41) is 9.66. The monoisotopic (exact) mass is 288 g/mol. The Balaban J connectivity index is 1.49. The molecule has 1 saturated carbocycles. The van der Waals surface area contributed by atoms with E-state index in [-0.39, 0.29) is 17.5 Å². The van der Waals surface area contributed by atoms with Crippen molar-refractivity contribution in [3.05, 3.63) is 35.9 Å². The van der Waals surface area contributed by atoms with Gasteiger partial charge in [-0.15, -0.1) is 0 Å². The third-order valence-electron chi connectivity index (χ3n) is 5.15. The van der Waals surface area contributed by atoms with Crippen LogP contribution >= 0.6 is 0 Å². The number of phenolic OH excluding ortho intramolecular Hbond substituents is 1. The van der Waals surface area contributed by atoms with Gasteiger partial charge in [-0.1, -0.05) is 18.2 Å². The molecular formula is C17H20O4. The van der Waals surface area contributed by atoms with Gasteiger partial charge >= 0.3 is 0 Å². The van der Waals surface area contributed by atoms with Crippen LogP contribution in [-0.4, -0.2) is 25.4 Å². The van der Waals surface area contributed by atoms with E-state index in [9.17, 15) is 5.11 Å². The van der Waals surface area contributed by atoms with Crippen molar-refractivity contribution >= 4 is 0 Å². The molecule has 3 aliphatic rings. The molecule has 4 heteroatoms. The minimum absolute atomic E-state index is 0.131. The SMILES string of the molecule is COc1cc(C2OCC3(CO2)C[C@H]2C=C[C@H]3C2)ccc1O. The van der Waals surface area contributed by atoms with Gasteiger partial charge in [-0.05, 0) is 36.8 Å². The first kappa shape index (κ1) is 13.2. The van der Waals surface area contributed by atoms with E-state index in [1.54, 1.807) is 12.1 Å². The molecule has 1 aromatic carbocycles. The molecule has 0 amide bonds. The molecule has 1 aromatic rings. The van der Waals surface area contributed by atoms with Crippen LogP contribution in [0.5, 0.6) is 11.5 Å². The molecule has 2 bridgehead atoms. The summed E-state index contributed by atoms with van der Waals surface area (Å²) in [5.41, 5.74) is 1.06. The first-order valence-electron chi connectivity index (χ1n) is 7.49. The minimum atomic E-state index is -0.367. The molecule has 1 spiro atoms. The maximum Gasteiger partial charge on any atom is 0.183 e. The quantitative estimate of drug-likeness (QED) is 0.850. The maximum absolute atomic E-state index is 9.66. The molecule has 0 radical (unpaired) electrons. The number of benzene rings is 1. The Kier molecular flexibility index (Phi) is 2.98. The summed E-state index contributed by atoms with van der Waals surface area (Å²) in [4.78, 5) is 0. The molecule has 1 heterocycles. The van der Waals surface area contributed by atoms with Crippen LogP contribution < -0.4 is 4.74 Å². The van der Waals surface area contributed by atoms with E-state index in [1.165, 1.54) is 20.0 Å². The van der Waals surface area contributed by atoms with Crippen LogP contribution in [-0.2, 0) is 9.47 Å². The van der Waals surface area contributed by atoms with Crippen molar-refractivity contribution in [3.8, 4) is 11.5 Å². The number of fused-ring (bicyclic) bond motifs is 3. The zero-order chi connectivity index (χ0) is 14.4. The summed E-state index contributed by atoms with van der Waals surface area (Å²) in [5.74, 6) is 1.90. The van der Waals surface area contributed by atoms with Gasteiger partial charge < -0.3 is 19.3 Å². The number of hydrogen-bond donors (Lipinski definition) is 1. The smallest absolute Gasteiger partial charge is 0.183 e. The topological polar surface area (TPSA) is 47.9 Å². The summed E-state index contributed by atoms with van der Waals surface area (Å²) in [6.45, 7) is 1.48. The van der Waals surface area contributed by atoms with Gasteiger partial charge in [0.25, 0.3) is 0 Å². The van der Waals surface area contributed by atoms with Crippen LogP contribution in [0.1, 0.15) is 24.7 Å². The zero-order valence-electron chi connectivity index (χ0n) is 12.1. The van der Waals surface area contributed by atoms with E-state index in [0.717, 1.165) is 18.8 Å². The fourth-order valence-corrected chi connectivity index (χ4v) is 3.99. The molecule has 0 aromatic heterocycles. The van der Waals surface area contributed by atoms with Crippen LogP contribution in [0.3, 0.4) is 0 Å². The Labute approximate surface area is 124 Å². The molecule has 1 N–H and O–H groups in total.